The largest absolute Gasteiger partial charge is 0.489 e. The van der Waals surface area contributed by atoms with Crippen LogP contribution in [0.4, 0.5) is 4.79 Å². The van der Waals surface area contributed by atoms with Gasteiger partial charge in [0.1, 0.15) is 23.8 Å². The number of hydrogen-bond donors (Lipinski definition) is 1. The van der Waals surface area contributed by atoms with Gasteiger partial charge in [-0.3, -0.25) is 9.69 Å². The second-order valence-electron chi connectivity index (χ2n) is 7.23. The lowest BCUT2D eigenvalue weighted by atomic mass is 10.1. The highest BCUT2D eigenvalue weighted by Crippen LogP contribution is 2.24. The molecule has 1 aromatic heterocycles. The molecule has 8 nitrogen and oxygen atoms in total. The highest BCUT2D eigenvalue weighted by Gasteiger charge is 2.34. The molecule has 0 saturated carbocycles. The third kappa shape index (κ3) is 5.24. The number of benzene rings is 2. The maximum atomic E-state index is 12.8. The first-order valence-electron chi connectivity index (χ1n) is 10.0. The van der Waals surface area contributed by atoms with E-state index in [1.165, 1.54) is 19.2 Å². The predicted molar refractivity (Wildman–Crippen MR) is 124 cm³/mol. The summed E-state index contributed by atoms with van der Waals surface area (Å²) in [5.74, 6) is -0.372. The molecule has 2 heterocycles. The Kier molecular flexibility index (Phi) is 6.90. The summed E-state index contributed by atoms with van der Waals surface area (Å²) in [6, 6.07) is 14.5. The summed E-state index contributed by atoms with van der Waals surface area (Å²) in [4.78, 5) is 37.6. The van der Waals surface area contributed by atoms with Gasteiger partial charge in [0.05, 0.1) is 13.7 Å². The van der Waals surface area contributed by atoms with E-state index in [1.807, 2.05) is 0 Å². The third-order valence-electron chi connectivity index (χ3n) is 4.90. The number of halogens is 2. The van der Waals surface area contributed by atoms with Crippen LogP contribution < -0.4 is 10.1 Å². The van der Waals surface area contributed by atoms with Crippen LogP contribution in [-0.4, -0.2) is 29.9 Å². The lowest BCUT2D eigenvalue weighted by Gasteiger charge is -2.09. The summed E-state index contributed by atoms with van der Waals surface area (Å²) in [6.07, 6.45) is 1.55. The molecule has 4 rings (SSSR count). The molecule has 1 N–H and O–H groups in total. The molecule has 10 heteroatoms. The Bertz CT molecular complexity index is 1300. The van der Waals surface area contributed by atoms with Crippen LogP contribution >= 0.6 is 23.2 Å². The van der Waals surface area contributed by atoms with Crippen LogP contribution in [0.25, 0.3) is 6.08 Å². The molecule has 1 saturated heterocycles. The molecule has 0 unspecified atom stereocenters. The molecule has 1 fully saturated rings. The highest BCUT2D eigenvalue weighted by atomic mass is 35.5. The first kappa shape index (κ1) is 23.4. The van der Waals surface area contributed by atoms with Gasteiger partial charge in [-0.1, -0.05) is 41.4 Å². The van der Waals surface area contributed by atoms with Gasteiger partial charge < -0.3 is 19.2 Å². The molecule has 0 atom stereocenters. The Balaban J connectivity index is 1.44. The minimum atomic E-state index is -0.649. The molecule has 3 aromatic rings. The molecule has 3 amide bonds. The second kappa shape index (κ2) is 10.0. The summed E-state index contributed by atoms with van der Waals surface area (Å²) in [5.41, 5.74) is 1.52. The number of nitrogens with one attached hydrogen (secondary N) is 1. The van der Waals surface area contributed by atoms with Crippen molar-refractivity contribution in [1.29, 1.82) is 0 Å². The van der Waals surface area contributed by atoms with Crippen LogP contribution in [0.1, 0.15) is 27.4 Å². The second-order valence-corrected chi connectivity index (χ2v) is 8.08. The molecular weight excluding hydrogens is 483 g/mol. The van der Waals surface area contributed by atoms with Gasteiger partial charge in [0.25, 0.3) is 5.91 Å². The lowest BCUT2D eigenvalue weighted by Crippen LogP contribution is -2.30. The highest BCUT2D eigenvalue weighted by molar-refractivity contribution is 6.35. The number of methoxy groups -OCH3 is 1. The number of carbonyl (C=O) groups excluding carboxylic acids is 3. The van der Waals surface area contributed by atoms with E-state index < -0.39 is 17.9 Å². The van der Waals surface area contributed by atoms with E-state index in [1.54, 1.807) is 48.5 Å². The lowest BCUT2D eigenvalue weighted by molar-refractivity contribution is -0.123. The van der Waals surface area contributed by atoms with Gasteiger partial charge in [0.15, 0.2) is 0 Å². The standard InChI is InChI=1S/C24H18Cl2N2O6/c1-32-23(30)21-8-7-18(34-21)12-28-22(29)20(27-24(28)31)10-14-3-2-4-17(9-14)33-13-15-5-6-16(25)11-19(15)26/h2-11H,12-13H2,1H3,(H,27,31)/b20-10-. The summed E-state index contributed by atoms with van der Waals surface area (Å²) in [7, 11) is 1.23. The van der Waals surface area contributed by atoms with Gasteiger partial charge >= 0.3 is 12.0 Å². The number of esters is 1. The molecule has 1 aliphatic rings. The minimum Gasteiger partial charge on any atom is -0.489 e. The van der Waals surface area contributed by atoms with E-state index in [2.05, 4.69) is 10.1 Å². The van der Waals surface area contributed by atoms with Gasteiger partial charge in [-0.25, -0.2) is 9.59 Å². The number of hydrogen-bond acceptors (Lipinski definition) is 6. The molecule has 0 aliphatic carbocycles. The van der Waals surface area contributed by atoms with Crippen molar-refractivity contribution in [2.45, 2.75) is 13.2 Å². The fraction of sp³-hybridized carbons (Fsp3) is 0.125. The van der Waals surface area contributed by atoms with Crippen molar-refractivity contribution in [2.75, 3.05) is 7.11 Å². The van der Waals surface area contributed by atoms with Gasteiger partial charge in [-0.05, 0) is 48.0 Å². The molecule has 0 bridgehead atoms. The molecule has 34 heavy (non-hydrogen) atoms. The fourth-order valence-corrected chi connectivity index (χ4v) is 3.67. The van der Waals surface area contributed by atoms with Gasteiger partial charge in [-0.2, -0.15) is 0 Å². The smallest absolute Gasteiger partial charge is 0.373 e. The maximum absolute atomic E-state index is 12.8. The van der Waals surface area contributed by atoms with Crippen LogP contribution in [0.5, 0.6) is 5.75 Å². The molecule has 2 aromatic carbocycles. The van der Waals surface area contributed by atoms with Crippen molar-refractivity contribution in [3.8, 4) is 5.75 Å². The van der Waals surface area contributed by atoms with Crippen LogP contribution in [0.15, 0.2) is 64.7 Å². The number of amides is 3. The number of rotatable bonds is 7. The average molecular weight is 501 g/mol. The third-order valence-corrected chi connectivity index (χ3v) is 5.49. The molecule has 0 radical (unpaired) electrons. The van der Waals surface area contributed by atoms with Gasteiger partial charge in [0.2, 0.25) is 5.76 Å². The Morgan fingerprint density at radius 2 is 1.94 bits per heavy atom. The number of nitrogens with zero attached hydrogens (tertiary/aromatic N) is 1. The van der Waals surface area contributed by atoms with E-state index in [-0.39, 0.29) is 30.4 Å². The molecular formula is C24H18Cl2N2O6. The Morgan fingerprint density at radius 3 is 2.71 bits per heavy atom. The maximum Gasteiger partial charge on any atom is 0.373 e. The topological polar surface area (TPSA) is 98.1 Å². The zero-order valence-electron chi connectivity index (χ0n) is 17.8. The summed E-state index contributed by atoms with van der Waals surface area (Å²) in [6.45, 7) is 0.0974. The Hall–Kier alpha value is -3.75. The summed E-state index contributed by atoms with van der Waals surface area (Å²) in [5, 5.41) is 3.59. The number of ether oxygens (including phenoxy) is 2. The molecule has 174 valence electrons. The van der Waals surface area contributed by atoms with Gasteiger partial charge in [-0.15, -0.1) is 0 Å². The number of furan rings is 1. The first-order valence-corrected chi connectivity index (χ1v) is 10.8. The van der Waals surface area contributed by atoms with Crippen LogP contribution in [0.3, 0.4) is 0 Å². The normalized spacial score (nSPS) is 14.4. The van der Waals surface area contributed by atoms with Crippen LogP contribution in [0.2, 0.25) is 10.0 Å². The van der Waals surface area contributed by atoms with Crippen molar-refractivity contribution >= 4 is 47.2 Å². The van der Waals surface area contributed by atoms with Gasteiger partial charge in [0, 0.05) is 15.6 Å². The quantitative estimate of drug-likeness (QED) is 0.277. The average Bonchev–Trinajstić information content (AvgIpc) is 3.39. The summed E-state index contributed by atoms with van der Waals surface area (Å²) >= 11 is 12.1. The Labute approximate surface area is 204 Å². The van der Waals surface area contributed by atoms with Crippen molar-refractivity contribution in [1.82, 2.24) is 10.2 Å². The van der Waals surface area contributed by atoms with Crippen LogP contribution in [-0.2, 0) is 22.7 Å². The van der Waals surface area contributed by atoms with Crippen molar-refractivity contribution in [3.05, 3.63) is 93.0 Å². The zero-order valence-corrected chi connectivity index (χ0v) is 19.4. The minimum absolute atomic E-state index is 0.0166. The van der Waals surface area contributed by atoms with Crippen molar-refractivity contribution in [3.63, 3.8) is 0 Å². The van der Waals surface area contributed by atoms with E-state index in [0.717, 1.165) is 10.5 Å². The Morgan fingerprint density at radius 1 is 1.12 bits per heavy atom. The SMILES string of the molecule is COC(=O)c1ccc(CN2C(=O)N/C(=C\c3cccc(OCc4ccc(Cl)cc4Cl)c3)C2=O)o1. The van der Waals surface area contributed by atoms with Crippen molar-refractivity contribution < 1.29 is 28.3 Å². The van der Waals surface area contributed by atoms with E-state index >= 15 is 0 Å². The predicted octanol–water partition coefficient (Wildman–Crippen LogP) is 5.04. The van der Waals surface area contributed by atoms with E-state index in [4.69, 9.17) is 32.4 Å². The molecule has 0 spiro atoms. The van der Waals surface area contributed by atoms with Crippen LogP contribution in [0, 0.1) is 0 Å². The number of carbonyl (C=O) groups is 3. The monoisotopic (exact) mass is 500 g/mol. The van der Waals surface area contributed by atoms with E-state index in [9.17, 15) is 14.4 Å². The van der Waals surface area contributed by atoms with Crippen molar-refractivity contribution in [2.24, 2.45) is 0 Å². The number of imide groups is 1. The fourth-order valence-electron chi connectivity index (χ4n) is 3.20. The van der Waals surface area contributed by atoms with E-state index in [0.29, 0.717) is 21.4 Å². The number of urea groups is 1. The first-order chi connectivity index (χ1) is 16.3. The zero-order chi connectivity index (χ0) is 24.2. The molecule has 1 aliphatic heterocycles. The summed E-state index contributed by atoms with van der Waals surface area (Å²) < 4.78 is 15.7.